The Bertz CT molecular complexity index is 983. The summed E-state index contributed by atoms with van der Waals surface area (Å²) in [5.41, 5.74) is -1.05. The number of carbonyl (C=O) groups excluding carboxylic acids is 2. The third-order valence-electron chi connectivity index (χ3n) is 6.42. The maximum atomic E-state index is 12.4. The van der Waals surface area contributed by atoms with Crippen LogP contribution in [0.2, 0.25) is 0 Å². The number of rotatable bonds is 2. The van der Waals surface area contributed by atoms with Gasteiger partial charge in [-0.25, -0.2) is 0 Å². The first-order valence-electron chi connectivity index (χ1n) is 12.0. The molecule has 0 atom stereocenters. The predicted molar refractivity (Wildman–Crippen MR) is 125 cm³/mol. The molecule has 2 aromatic rings. The standard InChI is InChI=1S/2C13H14F3NO2/c2*14-13(15,16)10-3-1-9(2-4-10)12(19)17-7-5-11(18)6-8-17/h2*1-4,11,18H,5-8H2. The second-order valence-corrected chi connectivity index (χ2v) is 9.20. The highest BCUT2D eigenvalue weighted by Crippen LogP contribution is 2.30. The van der Waals surface area contributed by atoms with Gasteiger partial charge in [0.25, 0.3) is 11.8 Å². The van der Waals surface area contributed by atoms with Gasteiger partial charge in [0.2, 0.25) is 0 Å². The third kappa shape index (κ3) is 7.94. The number of hydrogen-bond acceptors (Lipinski definition) is 4. The summed E-state index contributed by atoms with van der Waals surface area (Å²) in [6, 6.07) is 8.40. The lowest BCUT2D eigenvalue weighted by Crippen LogP contribution is -2.40. The molecule has 2 aliphatic heterocycles. The van der Waals surface area contributed by atoms with Crippen molar-refractivity contribution in [3.05, 3.63) is 70.8 Å². The number of aliphatic hydroxyl groups excluding tert-OH is 2. The Labute approximate surface area is 215 Å². The van der Waals surface area contributed by atoms with Gasteiger partial charge in [-0.05, 0) is 74.2 Å². The number of nitrogens with zero attached hydrogens (tertiary/aromatic N) is 2. The minimum absolute atomic E-state index is 0.240. The van der Waals surface area contributed by atoms with Crippen LogP contribution in [-0.2, 0) is 12.4 Å². The van der Waals surface area contributed by atoms with E-state index in [0.717, 1.165) is 24.3 Å². The topological polar surface area (TPSA) is 81.1 Å². The zero-order valence-corrected chi connectivity index (χ0v) is 20.3. The highest BCUT2D eigenvalue weighted by molar-refractivity contribution is 5.94. The van der Waals surface area contributed by atoms with Crippen LogP contribution in [-0.4, -0.2) is 70.2 Å². The van der Waals surface area contributed by atoms with E-state index in [1.807, 2.05) is 0 Å². The average Bonchev–Trinajstić information content (AvgIpc) is 2.88. The van der Waals surface area contributed by atoms with Gasteiger partial charge in [-0.3, -0.25) is 9.59 Å². The Balaban J connectivity index is 0.000000211. The molecule has 0 aliphatic carbocycles. The maximum absolute atomic E-state index is 12.4. The number of likely N-dealkylation sites (tertiary alicyclic amines) is 2. The lowest BCUT2D eigenvalue weighted by atomic mass is 10.1. The van der Waals surface area contributed by atoms with E-state index in [1.165, 1.54) is 24.3 Å². The van der Waals surface area contributed by atoms with Crippen molar-refractivity contribution < 1.29 is 46.1 Å². The molecule has 208 valence electrons. The van der Waals surface area contributed by atoms with E-state index in [-0.39, 0.29) is 22.9 Å². The largest absolute Gasteiger partial charge is 0.416 e. The molecule has 0 bridgehead atoms. The molecule has 2 aliphatic rings. The number of amides is 2. The molecule has 12 heteroatoms. The van der Waals surface area contributed by atoms with E-state index in [0.29, 0.717) is 51.9 Å². The van der Waals surface area contributed by atoms with Gasteiger partial charge in [0.15, 0.2) is 0 Å². The van der Waals surface area contributed by atoms with Gasteiger partial charge in [0.1, 0.15) is 0 Å². The summed E-state index contributed by atoms with van der Waals surface area (Å²) in [7, 11) is 0. The monoisotopic (exact) mass is 546 g/mol. The Morgan fingerprint density at radius 2 is 0.842 bits per heavy atom. The van der Waals surface area contributed by atoms with Crippen LogP contribution in [0.15, 0.2) is 48.5 Å². The summed E-state index contributed by atoms with van der Waals surface area (Å²) in [4.78, 5) is 27.2. The Hall–Kier alpha value is -3.12. The van der Waals surface area contributed by atoms with E-state index in [9.17, 15) is 46.1 Å². The second-order valence-electron chi connectivity index (χ2n) is 9.20. The van der Waals surface area contributed by atoms with Gasteiger partial charge >= 0.3 is 12.4 Å². The molecule has 2 heterocycles. The fourth-order valence-electron chi connectivity index (χ4n) is 4.11. The molecule has 4 rings (SSSR count). The first-order chi connectivity index (χ1) is 17.8. The number of benzene rings is 2. The molecule has 2 amide bonds. The van der Waals surface area contributed by atoms with Gasteiger partial charge in [-0.2, -0.15) is 26.3 Å². The fraction of sp³-hybridized carbons (Fsp3) is 0.462. The predicted octanol–water partition coefficient (Wildman–Crippen LogP) is 4.60. The second kappa shape index (κ2) is 12.2. The van der Waals surface area contributed by atoms with Crippen molar-refractivity contribution in [2.45, 2.75) is 50.2 Å². The fourth-order valence-corrected chi connectivity index (χ4v) is 4.11. The molecule has 2 fully saturated rings. The van der Waals surface area contributed by atoms with Gasteiger partial charge in [-0.1, -0.05) is 0 Å². The van der Waals surface area contributed by atoms with E-state index in [4.69, 9.17) is 0 Å². The van der Waals surface area contributed by atoms with E-state index in [1.54, 1.807) is 9.80 Å². The van der Waals surface area contributed by atoms with E-state index in [2.05, 4.69) is 0 Å². The zero-order chi connectivity index (χ0) is 28.1. The molecular formula is C26H28F6N2O4. The molecule has 2 aromatic carbocycles. The molecule has 0 aromatic heterocycles. The molecule has 38 heavy (non-hydrogen) atoms. The van der Waals surface area contributed by atoms with Crippen LogP contribution in [0.5, 0.6) is 0 Å². The quantitative estimate of drug-likeness (QED) is 0.540. The Kier molecular flexibility index (Phi) is 9.42. The molecule has 0 unspecified atom stereocenters. The number of aliphatic hydroxyl groups is 2. The van der Waals surface area contributed by atoms with Gasteiger partial charge in [-0.15, -0.1) is 0 Å². The van der Waals surface area contributed by atoms with Gasteiger partial charge in [0, 0.05) is 37.3 Å². The highest BCUT2D eigenvalue weighted by Gasteiger charge is 2.32. The van der Waals surface area contributed by atoms with Crippen LogP contribution >= 0.6 is 0 Å². The lowest BCUT2D eigenvalue weighted by molar-refractivity contribution is -0.138. The van der Waals surface area contributed by atoms with Gasteiger partial charge < -0.3 is 20.0 Å². The van der Waals surface area contributed by atoms with Crippen LogP contribution in [0.3, 0.4) is 0 Å². The molecule has 2 N–H and O–H groups in total. The van der Waals surface area contributed by atoms with Crippen LogP contribution < -0.4 is 0 Å². The first-order valence-corrected chi connectivity index (χ1v) is 12.0. The Morgan fingerprint density at radius 3 is 1.08 bits per heavy atom. The number of hydrogen-bond donors (Lipinski definition) is 2. The summed E-state index contributed by atoms with van der Waals surface area (Å²) >= 11 is 0. The van der Waals surface area contributed by atoms with Crippen molar-refractivity contribution in [3.8, 4) is 0 Å². The summed E-state index contributed by atoms with van der Waals surface area (Å²) in [6.07, 6.45) is -7.54. The summed E-state index contributed by atoms with van der Waals surface area (Å²) in [6.45, 7) is 1.73. The lowest BCUT2D eigenvalue weighted by Gasteiger charge is -2.29. The van der Waals surface area contributed by atoms with Crippen LogP contribution in [0, 0.1) is 0 Å². The molecule has 0 spiro atoms. The smallest absolute Gasteiger partial charge is 0.393 e. The third-order valence-corrected chi connectivity index (χ3v) is 6.42. The molecule has 0 radical (unpaired) electrons. The van der Waals surface area contributed by atoms with Crippen molar-refractivity contribution >= 4 is 11.8 Å². The first kappa shape index (κ1) is 29.4. The summed E-state index contributed by atoms with van der Waals surface area (Å²) in [5, 5.41) is 18.7. The zero-order valence-electron chi connectivity index (χ0n) is 20.3. The van der Waals surface area contributed by atoms with Crippen molar-refractivity contribution in [1.29, 1.82) is 0 Å². The van der Waals surface area contributed by atoms with Gasteiger partial charge in [0.05, 0.1) is 23.3 Å². The highest BCUT2D eigenvalue weighted by atomic mass is 19.4. The molecule has 0 saturated carbocycles. The van der Waals surface area contributed by atoms with Crippen LogP contribution in [0.4, 0.5) is 26.3 Å². The minimum atomic E-state index is -4.39. The van der Waals surface area contributed by atoms with Crippen molar-refractivity contribution in [1.82, 2.24) is 9.80 Å². The maximum Gasteiger partial charge on any atom is 0.416 e. The van der Waals surface area contributed by atoms with Crippen LogP contribution in [0.25, 0.3) is 0 Å². The Morgan fingerprint density at radius 1 is 0.579 bits per heavy atom. The summed E-state index contributed by atoms with van der Waals surface area (Å²) < 4.78 is 74.4. The molecule has 6 nitrogen and oxygen atoms in total. The van der Waals surface area contributed by atoms with E-state index < -0.39 is 35.7 Å². The number of halogens is 6. The average molecular weight is 547 g/mol. The number of alkyl halides is 6. The van der Waals surface area contributed by atoms with Crippen molar-refractivity contribution in [2.24, 2.45) is 0 Å². The van der Waals surface area contributed by atoms with Crippen LogP contribution in [0.1, 0.15) is 57.5 Å². The molecular weight excluding hydrogens is 518 g/mol. The minimum Gasteiger partial charge on any atom is -0.393 e. The normalized spacial score (nSPS) is 17.6. The van der Waals surface area contributed by atoms with Crippen molar-refractivity contribution in [2.75, 3.05) is 26.2 Å². The van der Waals surface area contributed by atoms with Crippen molar-refractivity contribution in [3.63, 3.8) is 0 Å². The summed E-state index contributed by atoms with van der Waals surface area (Å²) in [5.74, 6) is -0.582. The number of carbonyl (C=O) groups is 2. The molecule has 2 saturated heterocycles. The number of piperidine rings is 2. The van der Waals surface area contributed by atoms with E-state index >= 15 is 0 Å². The SMILES string of the molecule is O=C(c1ccc(C(F)(F)F)cc1)N1CCC(O)CC1.O=C(c1ccc(C(F)(F)F)cc1)N1CCC(O)CC1.